The molecule has 1 atom stereocenters. The molecule has 104 valence electrons. The predicted molar refractivity (Wildman–Crippen MR) is 66.3 cm³/mol. The Bertz CT molecular complexity index is 546. The van der Waals surface area contributed by atoms with Gasteiger partial charge >= 0.3 is 0 Å². The standard InChI is InChI=1S/C10H14F2N6O/c1-2-13-10-16-8(14-4-6(19)7(11)12)5-3-15-18-9(5)17-10/h3,6-7,19H,2,4H2,1H3,(H3,13,14,15,16,17,18). The van der Waals surface area contributed by atoms with E-state index in [1.165, 1.54) is 6.20 Å². The van der Waals surface area contributed by atoms with Crippen LogP contribution >= 0.6 is 0 Å². The minimum Gasteiger partial charge on any atom is -0.385 e. The molecule has 9 heteroatoms. The van der Waals surface area contributed by atoms with Gasteiger partial charge in [-0.1, -0.05) is 0 Å². The van der Waals surface area contributed by atoms with E-state index < -0.39 is 12.5 Å². The molecule has 2 rings (SSSR count). The van der Waals surface area contributed by atoms with Crippen LogP contribution in [-0.2, 0) is 0 Å². The van der Waals surface area contributed by atoms with E-state index in [4.69, 9.17) is 5.11 Å². The summed E-state index contributed by atoms with van der Waals surface area (Å²) in [7, 11) is 0. The van der Waals surface area contributed by atoms with Gasteiger partial charge in [-0.25, -0.2) is 8.78 Å². The highest BCUT2D eigenvalue weighted by Crippen LogP contribution is 2.20. The summed E-state index contributed by atoms with van der Waals surface area (Å²) >= 11 is 0. The number of anilines is 2. The van der Waals surface area contributed by atoms with Crippen LogP contribution in [0, 0.1) is 0 Å². The van der Waals surface area contributed by atoms with E-state index in [1.807, 2.05) is 6.92 Å². The third-order valence-electron chi connectivity index (χ3n) is 2.41. The van der Waals surface area contributed by atoms with Gasteiger partial charge in [0.15, 0.2) is 5.65 Å². The number of aromatic amines is 1. The number of aliphatic hydroxyl groups is 1. The lowest BCUT2D eigenvalue weighted by Crippen LogP contribution is -2.27. The highest BCUT2D eigenvalue weighted by molar-refractivity contribution is 5.86. The smallest absolute Gasteiger partial charge is 0.265 e. The summed E-state index contributed by atoms with van der Waals surface area (Å²) in [6.45, 7) is 2.20. The topological polar surface area (TPSA) is 98.8 Å². The molecule has 0 aliphatic carbocycles. The first-order chi connectivity index (χ1) is 9.11. The summed E-state index contributed by atoms with van der Waals surface area (Å²) in [5.41, 5.74) is 0.486. The molecule has 0 amide bonds. The molecule has 0 saturated heterocycles. The Hall–Kier alpha value is -2.03. The van der Waals surface area contributed by atoms with Gasteiger partial charge in [-0.3, -0.25) is 5.10 Å². The Morgan fingerprint density at radius 3 is 2.84 bits per heavy atom. The van der Waals surface area contributed by atoms with Crippen molar-refractivity contribution in [1.82, 2.24) is 20.2 Å². The van der Waals surface area contributed by atoms with Crippen molar-refractivity contribution in [2.75, 3.05) is 23.7 Å². The molecule has 4 N–H and O–H groups in total. The molecule has 0 bridgehead atoms. The number of nitrogens with zero attached hydrogens (tertiary/aromatic N) is 3. The van der Waals surface area contributed by atoms with E-state index in [-0.39, 0.29) is 6.54 Å². The summed E-state index contributed by atoms with van der Waals surface area (Å²) in [5.74, 6) is 0.697. The van der Waals surface area contributed by atoms with Crippen LogP contribution < -0.4 is 10.6 Å². The molecule has 0 spiro atoms. The van der Waals surface area contributed by atoms with Crippen LogP contribution in [0.25, 0.3) is 11.0 Å². The fraction of sp³-hybridized carbons (Fsp3) is 0.500. The summed E-state index contributed by atoms with van der Waals surface area (Å²) < 4.78 is 24.5. The Morgan fingerprint density at radius 2 is 2.16 bits per heavy atom. The van der Waals surface area contributed by atoms with Crippen LogP contribution in [-0.4, -0.2) is 50.9 Å². The number of hydrogen-bond donors (Lipinski definition) is 4. The van der Waals surface area contributed by atoms with Gasteiger partial charge in [-0.05, 0) is 6.92 Å². The zero-order valence-electron chi connectivity index (χ0n) is 10.2. The largest absolute Gasteiger partial charge is 0.385 e. The van der Waals surface area contributed by atoms with E-state index >= 15 is 0 Å². The van der Waals surface area contributed by atoms with Crippen LogP contribution in [0.15, 0.2) is 6.20 Å². The molecule has 19 heavy (non-hydrogen) atoms. The number of alkyl halides is 2. The fourth-order valence-corrected chi connectivity index (χ4v) is 1.50. The molecule has 0 radical (unpaired) electrons. The number of aromatic nitrogens is 4. The number of rotatable bonds is 6. The maximum atomic E-state index is 12.2. The van der Waals surface area contributed by atoms with E-state index in [9.17, 15) is 8.78 Å². The van der Waals surface area contributed by atoms with E-state index in [0.29, 0.717) is 29.3 Å². The molecular weight excluding hydrogens is 258 g/mol. The lowest BCUT2D eigenvalue weighted by molar-refractivity contribution is 0.00382. The molecule has 2 aromatic rings. The van der Waals surface area contributed by atoms with E-state index in [2.05, 4.69) is 30.8 Å². The second-order valence-electron chi connectivity index (χ2n) is 3.84. The Balaban J connectivity index is 2.22. The maximum Gasteiger partial charge on any atom is 0.265 e. The number of H-pyrrole nitrogens is 1. The maximum absolute atomic E-state index is 12.2. The van der Waals surface area contributed by atoms with Gasteiger partial charge in [-0.15, -0.1) is 0 Å². The lowest BCUT2D eigenvalue weighted by atomic mass is 10.3. The van der Waals surface area contributed by atoms with Gasteiger partial charge in [0.2, 0.25) is 5.95 Å². The van der Waals surface area contributed by atoms with Gasteiger partial charge < -0.3 is 15.7 Å². The van der Waals surface area contributed by atoms with Crippen molar-refractivity contribution in [3.8, 4) is 0 Å². The molecule has 2 aromatic heterocycles. The second-order valence-corrected chi connectivity index (χ2v) is 3.84. The van der Waals surface area contributed by atoms with Crippen molar-refractivity contribution in [3.63, 3.8) is 0 Å². The van der Waals surface area contributed by atoms with Crippen molar-refractivity contribution < 1.29 is 13.9 Å². The zero-order valence-corrected chi connectivity index (χ0v) is 10.2. The Labute approximate surface area is 107 Å². The second kappa shape index (κ2) is 5.74. The number of fused-ring (bicyclic) bond motifs is 1. The van der Waals surface area contributed by atoms with Crippen molar-refractivity contribution in [3.05, 3.63) is 6.20 Å². The van der Waals surface area contributed by atoms with Crippen LogP contribution in [0.5, 0.6) is 0 Å². The third-order valence-corrected chi connectivity index (χ3v) is 2.41. The summed E-state index contributed by atoms with van der Waals surface area (Å²) in [4.78, 5) is 8.30. The number of hydrogen-bond acceptors (Lipinski definition) is 6. The molecule has 0 aliphatic heterocycles. The molecule has 7 nitrogen and oxygen atoms in total. The molecule has 0 fully saturated rings. The Kier molecular flexibility index (Phi) is 4.05. The summed E-state index contributed by atoms with van der Waals surface area (Å²) in [6, 6.07) is 0. The molecular formula is C10H14F2N6O. The third kappa shape index (κ3) is 3.05. The highest BCUT2D eigenvalue weighted by atomic mass is 19.3. The van der Waals surface area contributed by atoms with Gasteiger partial charge in [0.05, 0.1) is 11.6 Å². The van der Waals surface area contributed by atoms with Gasteiger partial charge in [0.1, 0.15) is 11.9 Å². The van der Waals surface area contributed by atoms with Crippen LogP contribution in [0.3, 0.4) is 0 Å². The molecule has 0 saturated carbocycles. The number of aliphatic hydroxyl groups excluding tert-OH is 1. The zero-order chi connectivity index (χ0) is 13.8. The monoisotopic (exact) mass is 272 g/mol. The van der Waals surface area contributed by atoms with Crippen molar-refractivity contribution in [2.45, 2.75) is 19.5 Å². The number of halogens is 2. The molecule has 0 aliphatic rings. The van der Waals surface area contributed by atoms with Crippen LogP contribution in [0.4, 0.5) is 20.5 Å². The van der Waals surface area contributed by atoms with Crippen LogP contribution in [0.2, 0.25) is 0 Å². The van der Waals surface area contributed by atoms with Crippen molar-refractivity contribution in [2.24, 2.45) is 0 Å². The number of nitrogens with one attached hydrogen (secondary N) is 3. The fourth-order valence-electron chi connectivity index (χ4n) is 1.50. The van der Waals surface area contributed by atoms with Gasteiger partial charge in [0.25, 0.3) is 6.43 Å². The molecule has 1 unspecified atom stereocenters. The molecule has 0 aromatic carbocycles. The van der Waals surface area contributed by atoms with Crippen molar-refractivity contribution in [1.29, 1.82) is 0 Å². The summed E-state index contributed by atoms with van der Waals surface area (Å²) in [5, 5.41) is 21.7. The minimum absolute atomic E-state index is 0.305. The normalized spacial score (nSPS) is 12.9. The van der Waals surface area contributed by atoms with E-state index in [1.54, 1.807) is 0 Å². The summed E-state index contributed by atoms with van der Waals surface area (Å²) in [6.07, 6.45) is -3.07. The average Bonchev–Trinajstić information content (AvgIpc) is 2.84. The highest BCUT2D eigenvalue weighted by Gasteiger charge is 2.17. The lowest BCUT2D eigenvalue weighted by Gasteiger charge is -2.12. The van der Waals surface area contributed by atoms with Crippen molar-refractivity contribution >= 4 is 22.8 Å². The minimum atomic E-state index is -2.80. The van der Waals surface area contributed by atoms with E-state index in [0.717, 1.165) is 0 Å². The first-order valence-electron chi connectivity index (χ1n) is 5.77. The molecule has 2 heterocycles. The Morgan fingerprint density at radius 1 is 1.37 bits per heavy atom. The first kappa shape index (κ1) is 13.4. The van der Waals surface area contributed by atoms with Gasteiger partial charge in [0, 0.05) is 13.1 Å². The predicted octanol–water partition coefficient (Wildman–Crippen LogP) is 0.823. The van der Waals surface area contributed by atoms with Gasteiger partial charge in [-0.2, -0.15) is 15.1 Å². The average molecular weight is 272 g/mol. The van der Waals surface area contributed by atoms with Crippen LogP contribution in [0.1, 0.15) is 6.92 Å². The first-order valence-corrected chi connectivity index (χ1v) is 5.77. The SMILES string of the molecule is CCNc1nc(NCC(O)C(F)F)c2cn[nH]c2n1. The quantitative estimate of drug-likeness (QED) is 0.621.